The number of sulfone groups is 1. The smallest absolute Gasteiger partial charge is 0.326 e. The van der Waals surface area contributed by atoms with E-state index in [2.05, 4.69) is 5.32 Å². The molecule has 1 amide bonds. The second kappa shape index (κ2) is 5.85. The molecule has 1 unspecified atom stereocenters. The molecule has 6 nitrogen and oxygen atoms in total. The average molecular weight is 311 g/mol. The molecular formula is C14H17NO5S. The molecule has 0 spiro atoms. The highest BCUT2D eigenvalue weighted by Gasteiger charge is 2.37. The van der Waals surface area contributed by atoms with Gasteiger partial charge in [-0.25, -0.2) is 13.2 Å². The summed E-state index contributed by atoms with van der Waals surface area (Å²) in [6, 6.07) is 5.27. The van der Waals surface area contributed by atoms with Gasteiger partial charge in [0.25, 0.3) is 5.91 Å². The summed E-state index contributed by atoms with van der Waals surface area (Å²) in [7, 11) is -3.12. The third kappa shape index (κ3) is 4.56. The van der Waals surface area contributed by atoms with Crippen molar-refractivity contribution >= 4 is 21.7 Å². The van der Waals surface area contributed by atoms with Gasteiger partial charge in [-0.1, -0.05) is 12.1 Å². The number of rotatable bonds is 6. The highest BCUT2D eigenvalue weighted by Crippen LogP contribution is 2.32. The molecule has 0 saturated heterocycles. The minimum absolute atomic E-state index is 0.0101. The zero-order valence-corrected chi connectivity index (χ0v) is 12.4. The Hall–Kier alpha value is -1.89. The van der Waals surface area contributed by atoms with Crippen LogP contribution >= 0.6 is 0 Å². The molecule has 1 aliphatic carbocycles. The number of carboxylic acids is 1. The summed E-state index contributed by atoms with van der Waals surface area (Å²) in [6.07, 6.45) is 2.76. The average Bonchev–Trinajstić information content (AvgIpc) is 3.18. The van der Waals surface area contributed by atoms with Crippen LogP contribution in [0, 0.1) is 5.92 Å². The third-order valence-corrected chi connectivity index (χ3v) is 4.15. The minimum Gasteiger partial charge on any atom is -0.480 e. The Balaban J connectivity index is 2.04. The maximum atomic E-state index is 12.0. The van der Waals surface area contributed by atoms with Crippen molar-refractivity contribution in [1.82, 2.24) is 5.32 Å². The lowest BCUT2D eigenvalue weighted by molar-refractivity contribution is -0.139. The van der Waals surface area contributed by atoms with Crippen LogP contribution in [0.25, 0.3) is 0 Å². The molecule has 1 saturated carbocycles. The van der Waals surface area contributed by atoms with E-state index in [1.807, 2.05) is 0 Å². The van der Waals surface area contributed by atoms with E-state index in [4.69, 9.17) is 5.11 Å². The van der Waals surface area contributed by atoms with Gasteiger partial charge in [0.1, 0.15) is 6.04 Å². The summed E-state index contributed by atoms with van der Waals surface area (Å²) in [4.78, 5) is 23.1. The van der Waals surface area contributed by atoms with E-state index in [0.29, 0.717) is 11.1 Å². The lowest BCUT2D eigenvalue weighted by atomic mass is 10.1. The van der Waals surface area contributed by atoms with E-state index >= 15 is 0 Å². The molecule has 0 heterocycles. The normalized spacial score (nSPS) is 16.2. The summed E-state index contributed by atoms with van der Waals surface area (Å²) in [5.41, 5.74) is 0.908. The number of hydrogen-bond donors (Lipinski definition) is 2. The molecule has 1 aromatic rings. The summed E-state index contributed by atoms with van der Waals surface area (Å²) in [5, 5.41) is 11.6. The predicted octanol–water partition coefficient (Wildman–Crippen LogP) is 0.824. The van der Waals surface area contributed by atoms with Crippen LogP contribution in [0.3, 0.4) is 0 Å². The second-order valence-corrected chi connectivity index (χ2v) is 7.53. The van der Waals surface area contributed by atoms with Gasteiger partial charge in [0.2, 0.25) is 0 Å². The van der Waals surface area contributed by atoms with Crippen molar-refractivity contribution in [2.24, 2.45) is 5.92 Å². The molecule has 2 N–H and O–H groups in total. The number of hydrogen-bond acceptors (Lipinski definition) is 4. The van der Waals surface area contributed by atoms with E-state index in [9.17, 15) is 18.0 Å². The van der Waals surface area contributed by atoms with Gasteiger partial charge in [-0.15, -0.1) is 0 Å². The third-order valence-electron chi connectivity index (χ3n) is 3.29. The van der Waals surface area contributed by atoms with Crippen LogP contribution in [0.2, 0.25) is 0 Å². The molecule has 0 radical (unpaired) electrons. The molecule has 1 aliphatic rings. The van der Waals surface area contributed by atoms with Crippen molar-refractivity contribution in [2.45, 2.75) is 24.6 Å². The monoisotopic (exact) mass is 311 g/mol. The number of carboxylic acid groups (broad SMARTS) is 1. The maximum Gasteiger partial charge on any atom is 0.326 e. The summed E-state index contributed by atoms with van der Waals surface area (Å²) < 4.78 is 22.4. The van der Waals surface area contributed by atoms with Crippen molar-refractivity contribution in [3.05, 3.63) is 35.4 Å². The van der Waals surface area contributed by atoms with Gasteiger partial charge >= 0.3 is 5.97 Å². The second-order valence-electron chi connectivity index (χ2n) is 5.39. The topological polar surface area (TPSA) is 101 Å². The van der Waals surface area contributed by atoms with Crippen molar-refractivity contribution in [3.8, 4) is 0 Å². The fraction of sp³-hybridized carbons (Fsp3) is 0.429. The van der Waals surface area contributed by atoms with Gasteiger partial charge in [-0.05, 0) is 36.5 Å². The van der Waals surface area contributed by atoms with Gasteiger partial charge in [-0.2, -0.15) is 0 Å². The maximum absolute atomic E-state index is 12.0. The fourth-order valence-corrected chi connectivity index (χ4v) is 2.89. The van der Waals surface area contributed by atoms with E-state index in [1.165, 1.54) is 12.1 Å². The van der Waals surface area contributed by atoms with Crippen LogP contribution in [0.15, 0.2) is 24.3 Å². The molecule has 1 fully saturated rings. The molecule has 21 heavy (non-hydrogen) atoms. The van der Waals surface area contributed by atoms with Crippen LogP contribution in [0.5, 0.6) is 0 Å². The van der Waals surface area contributed by atoms with Crippen LogP contribution in [-0.2, 0) is 20.4 Å². The largest absolute Gasteiger partial charge is 0.480 e. The Kier molecular flexibility index (Phi) is 4.32. The Morgan fingerprint density at radius 3 is 2.29 bits per heavy atom. The molecule has 0 aliphatic heterocycles. The number of nitrogens with one attached hydrogen (secondary N) is 1. The first-order valence-corrected chi connectivity index (χ1v) is 8.62. The molecule has 114 valence electrons. The fourth-order valence-electron chi connectivity index (χ4n) is 2.09. The van der Waals surface area contributed by atoms with Crippen molar-refractivity contribution in [1.29, 1.82) is 0 Å². The number of carbonyl (C=O) groups is 2. The molecule has 1 aromatic carbocycles. The highest BCUT2D eigenvalue weighted by atomic mass is 32.2. The summed E-state index contributed by atoms with van der Waals surface area (Å²) in [6.45, 7) is 0. The van der Waals surface area contributed by atoms with Crippen LogP contribution < -0.4 is 5.32 Å². The Bertz CT molecular complexity index is 646. The van der Waals surface area contributed by atoms with E-state index in [1.54, 1.807) is 12.1 Å². The lowest BCUT2D eigenvalue weighted by Crippen LogP contribution is -2.42. The van der Waals surface area contributed by atoms with Crippen molar-refractivity contribution in [3.63, 3.8) is 0 Å². The first-order chi connectivity index (χ1) is 9.76. The number of benzene rings is 1. The number of aliphatic carboxylic acids is 1. The van der Waals surface area contributed by atoms with Crippen LogP contribution in [-0.4, -0.2) is 37.7 Å². The van der Waals surface area contributed by atoms with Crippen molar-refractivity contribution < 1.29 is 23.1 Å². The van der Waals surface area contributed by atoms with Gasteiger partial charge in [0.05, 0.1) is 5.75 Å². The van der Waals surface area contributed by atoms with Crippen LogP contribution in [0.4, 0.5) is 0 Å². The minimum atomic E-state index is -3.12. The first-order valence-electron chi connectivity index (χ1n) is 6.56. The molecule has 2 rings (SSSR count). The Morgan fingerprint density at radius 1 is 1.29 bits per heavy atom. The SMILES string of the molecule is CS(=O)(=O)Cc1ccc(C(=O)NC(C(=O)O)C2CC2)cc1. The Labute approximate surface area is 123 Å². The molecule has 0 aromatic heterocycles. The number of carbonyl (C=O) groups excluding carboxylic acids is 1. The lowest BCUT2D eigenvalue weighted by Gasteiger charge is -2.13. The van der Waals surface area contributed by atoms with Crippen molar-refractivity contribution in [2.75, 3.05) is 6.26 Å². The van der Waals surface area contributed by atoms with Gasteiger partial charge in [-0.3, -0.25) is 4.79 Å². The highest BCUT2D eigenvalue weighted by molar-refractivity contribution is 7.89. The van der Waals surface area contributed by atoms with Gasteiger partial charge in [0.15, 0.2) is 9.84 Å². The number of amides is 1. The van der Waals surface area contributed by atoms with Gasteiger partial charge < -0.3 is 10.4 Å². The molecule has 0 bridgehead atoms. The molecular weight excluding hydrogens is 294 g/mol. The van der Waals surface area contributed by atoms with E-state index < -0.39 is 27.8 Å². The Morgan fingerprint density at radius 2 is 1.86 bits per heavy atom. The predicted molar refractivity (Wildman–Crippen MR) is 76.6 cm³/mol. The molecule has 7 heteroatoms. The standard InChI is InChI=1S/C14H17NO5S/c1-21(19,20)8-9-2-4-11(5-3-9)13(16)15-12(14(17)18)10-6-7-10/h2-5,10,12H,6-8H2,1H3,(H,15,16)(H,17,18). The summed E-state index contributed by atoms with van der Waals surface area (Å²) >= 11 is 0. The van der Waals surface area contributed by atoms with Gasteiger partial charge in [0, 0.05) is 11.8 Å². The van der Waals surface area contributed by atoms with E-state index in [-0.39, 0.29) is 11.7 Å². The first kappa shape index (κ1) is 15.5. The zero-order valence-electron chi connectivity index (χ0n) is 11.6. The van der Waals surface area contributed by atoms with Crippen LogP contribution in [0.1, 0.15) is 28.8 Å². The quantitative estimate of drug-likeness (QED) is 0.810. The van der Waals surface area contributed by atoms with E-state index in [0.717, 1.165) is 19.1 Å². The zero-order chi connectivity index (χ0) is 15.6. The molecule has 1 atom stereocenters. The summed E-state index contributed by atoms with van der Waals surface area (Å²) in [5.74, 6) is -1.56.